The lowest BCUT2D eigenvalue weighted by molar-refractivity contribution is 0.0526. The van der Waals surface area contributed by atoms with Gasteiger partial charge in [0.15, 0.2) is 0 Å². The van der Waals surface area contributed by atoms with Gasteiger partial charge in [0.2, 0.25) is 10.0 Å². The van der Waals surface area contributed by atoms with E-state index < -0.39 is 16.0 Å². The van der Waals surface area contributed by atoms with Crippen LogP contribution in [-0.4, -0.2) is 33.6 Å². The number of benzene rings is 1. The van der Waals surface area contributed by atoms with E-state index >= 15 is 0 Å². The SMILES string of the molecule is CCOC(=O)c1ccc(S(=O)(=O)NC(CN)C(C)C)cc1. The standard InChI is InChI=1S/C14H22N2O4S/c1-4-20-14(17)11-5-7-12(8-6-11)21(18,19)16-13(9-15)10(2)3/h5-8,10,13,16H,4,9,15H2,1-3H3. The Morgan fingerprint density at radius 1 is 1.29 bits per heavy atom. The van der Waals surface area contributed by atoms with Gasteiger partial charge in [0.25, 0.3) is 0 Å². The van der Waals surface area contributed by atoms with Crippen molar-refractivity contribution in [2.24, 2.45) is 11.7 Å². The number of ether oxygens (including phenoxy) is 1. The molecule has 0 spiro atoms. The normalized spacial score (nSPS) is 13.2. The van der Waals surface area contributed by atoms with E-state index in [-0.39, 0.29) is 30.0 Å². The molecular formula is C14H22N2O4S. The van der Waals surface area contributed by atoms with E-state index in [1.54, 1.807) is 6.92 Å². The van der Waals surface area contributed by atoms with Gasteiger partial charge in [0.1, 0.15) is 0 Å². The largest absolute Gasteiger partial charge is 0.462 e. The number of carbonyl (C=O) groups is 1. The molecule has 0 saturated heterocycles. The van der Waals surface area contributed by atoms with Crippen molar-refractivity contribution in [3.63, 3.8) is 0 Å². The van der Waals surface area contributed by atoms with E-state index in [0.717, 1.165) is 0 Å². The summed E-state index contributed by atoms with van der Waals surface area (Å²) in [6, 6.07) is 5.28. The van der Waals surface area contributed by atoms with Crippen molar-refractivity contribution in [1.29, 1.82) is 0 Å². The molecule has 1 aromatic carbocycles. The lowest BCUT2D eigenvalue weighted by Gasteiger charge is -2.20. The fraction of sp³-hybridized carbons (Fsp3) is 0.500. The van der Waals surface area contributed by atoms with E-state index in [2.05, 4.69) is 4.72 Å². The summed E-state index contributed by atoms with van der Waals surface area (Å²) in [6.07, 6.45) is 0. The van der Waals surface area contributed by atoms with E-state index in [0.29, 0.717) is 5.56 Å². The molecule has 0 fully saturated rings. The first-order valence-electron chi connectivity index (χ1n) is 6.81. The van der Waals surface area contributed by atoms with Gasteiger partial charge in [0.05, 0.1) is 17.1 Å². The zero-order chi connectivity index (χ0) is 16.0. The van der Waals surface area contributed by atoms with Crippen LogP contribution in [0.15, 0.2) is 29.2 Å². The van der Waals surface area contributed by atoms with Crippen LogP contribution in [0, 0.1) is 5.92 Å². The molecule has 1 unspecified atom stereocenters. The molecule has 7 heteroatoms. The third kappa shape index (κ3) is 4.80. The van der Waals surface area contributed by atoms with Gasteiger partial charge in [-0.3, -0.25) is 0 Å². The fourth-order valence-electron chi connectivity index (χ4n) is 1.71. The zero-order valence-corrected chi connectivity index (χ0v) is 13.3. The highest BCUT2D eigenvalue weighted by Crippen LogP contribution is 2.13. The average Bonchev–Trinajstić information content (AvgIpc) is 2.45. The Labute approximate surface area is 125 Å². The third-order valence-corrected chi connectivity index (χ3v) is 4.55. The summed E-state index contributed by atoms with van der Waals surface area (Å²) >= 11 is 0. The molecular weight excluding hydrogens is 292 g/mol. The molecule has 118 valence electrons. The summed E-state index contributed by atoms with van der Waals surface area (Å²) in [4.78, 5) is 11.6. The van der Waals surface area contributed by atoms with Crippen molar-refractivity contribution < 1.29 is 17.9 Å². The van der Waals surface area contributed by atoms with Crippen LogP contribution in [0.25, 0.3) is 0 Å². The first-order valence-corrected chi connectivity index (χ1v) is 8.29. The maximum atomic E-state index is 12.2. The molecule has 0 aliphatic heterocycles. The number of esters is 1. The maximum absolute atomic E-state index is 12.2. The first kappa shape index (κ1) is 17.6. The van der Waals surface area contributed by atoms with Gasteiger partial charge in [0, 0.05) is 12.6 Å². The predicted molar refractivity (Wildman–Crippen MR) is 80.4 cm³/mol. The second-order valence-corrected chi connectivity index (χ2v) is 6.67. The molecule has 0 aromatic heterocycles. The van der Waals surface area contributed by atoms with Gasteiger partial charge in [-0.1, -0.05) is 13.8 Å². The smallest absolute Gasteiger partial charge is 0.338 e. The van der Waals surface area contributed by atoms with Crippen LogP contribution in [0.1, 0.15) is 31.1 Å². The Morgan fingerprint density at radius 2 is 1.86 bits per heavy atom. The Kier molecular flexibility index (Phi) is 6.32. The molecule has 0 radical (unpaired) electrons. The molecule has 0 aliphatic carbocycles. The van der Waals surface area contributed by atoms with Crippen molar-refractivity contribution in [3.05, 3.63) is 29.8 Å². The highest BCUT2D eigenvalue weighted by atomic mass is 32.2. The second-order valence-electron chi connectivity index (χ2n) is 4.95. The number of nitrogens with one attached hydrogen (secondary N) is 1. The molecule has 1 atom stereocenters. The molecule has 0 amide bonds. The van der Waals surface area contributed by atoms with E-state index in [1.165, 1.54) is 24.3 Å². The highest BCUT2D eigenvalue weighted by Gasteiger charge is 2.21. The van der Waals surface area contributed by atoms with Crippen LogP contribution in [0.3, 0.4) is 0 Å². The summed E-state index contributed by atoms with van der Waals surface area (Å²) < 4.78 is 31.9. The minimum atomic E-state index is -3.65. The summed E-state index contributed by atoms with van der Waals surface area (Å²) in [5.74, 6) is -0.389. The summed E-state index contributed by atoms with van der Waals surface area (Å²) in [6.45, 7) is 5.98. The third-order valence-electron chi connectivity index (χ3n) is 3.04. The molecule has 1 aromatic rings. The maximum Gasteiger partial charge on any atom is 0.338 e. The van der Waals surface area contributed by atoms with Crippen LogP contribution >= 0.6 is 0 Å². The molecule has 0 saturated carbocycles. The molecule has 0 bridgehead atoms. The Balaban J connectivity index is 2.92. The molecule has 3 N–H and O–H groups in total. The minimum Gasteiger partial charge on any atom is -0.462 e. The quantitative estimate of drug-likeness (QED) is 0.735. The number of sulfonamides is 1. The Bertz CT molecular complexity index is 567. The second kappa shape index (κ2) is 7.53. The van der Waals surface area contributed by atoms with Gasteiger partial charge < -0.3 is 10.5 Å². The van der Waals surface area contributed by atoms with Crippen molar-refractivity contribution in [2.45, 2.75) is 31.7 Å². The van der Waals surface area contributed by atoms with Crippen LogP contribution in [0.4, 0.5) is 0 Å². The lowest BCUT2D eigenvalue weighted by Crippen LogP contribution is -2.43. The van der Waals surface area contributed by atoms with Crippen molar-refractivity contribution in [2.75, 3.05) is 13.2 Å². The van der Waals surface area contributed by atoms with Crippen LogP contribution in [-0.2, 0) is 14.8 Å². The average molecular weight is 314 g/mol. The van der Waals surface area contributed by atoms with E-state index in [4.69, 9.17) is 10.5 Å². The van der Waals surface area contributed by atoms with Crippen molar-refractivity contribution >= 4 is 16.0 Å². The van der Waals surface area contributed by atoms with E-state index in [1.807, 2.05) is 13.8 Å². The fourth-order valence-corrected chi connectivity index (χ4v) is 3.11. The molecule has 6 nitrogen and oxygen atoms in total. The topological polar surface area (TPSA) is 98.5 Å². The van der Waals surface area contributed by atoms with Gasteiger partial charge in [-0.2, -0.15) is 0 Å². The van der Waals surface area contributed by atoms with Gasteiger partial charge in [-0.25, -0.2) is 17.9 Å². The monoisotopic (exact) mass is 314 g/mol. The van der Waals surface area contributed by atoms with Crippen molar-refractivity contribution in [3.8, 4) is 0 Å². The number of nitrogens with two attached hydrogens (primary N) is 1. The summed E-state index contributed by atoms with van der Waals surface area (Å²) in [7, 11) is -3.65. The molecule has 21 heavy (non-hydrogen) atoms. The Morgan fingerprint density at radius 3 is 2.29 bits per heavy atom. The lowest BCUT2D eigenvalue weighted by atomic mass is 10.1. The van der Waals surface area contributed by atoms with E-state index in [9.17, 15) is 13.2 Å². The van der Waals surface area contributed by atoms with Crippen LogP contribution < -0.4 is 10.5 Å². The summed E-state index contributed by atoms with van der Waals surface area (Å²) in [5, 5.41) is 0. The highest BCUT2D eigenvalue weighted by molar-refractivity contribution is 7.89. The Hall–Kier alpha value is -1.44. The molecule has 0 aliphatic rings. The first-order chi connectivity index (χ1) is 9.81. The molecule has 0 heterocycles. The number of carbonyl (C=O) groups excluding carboxylic acids is 1. The minimum absolute atomic E-state index is 0.0866. The van der Waals surface area contributed by atoms with Gasteiger partial charge in [-0.15, -0.1) is 0 Å². The van der Waals surface area contributed by atoms with Crippen LogP contribution in [0.2, 0.25) is 0 Å². The number of hydrogen-bond donors (Lipinski definition) is 2. The number of hydrogen-bond acceptors (Lipinski definition) is 5. The zero-order valence-electron chi connectivity index (χ0n) is 12.5. The van der Waals surface area contributed by atoms with Crippen LogP contribution in [0.5, 0.6) is 0 Å². The summed E-state index contributed by atoms with van der Waals surface area (Å²) in [5.41, 5.74) is 5.88. The van der Waals surface area contributed by atoms with Gasteiger partial charge >= 0.3 is 5.97 Å². The van der Waals surface area contributed by atoms with Gasteiger partial charge in [-0.05, 0) is 37.1 Å². The predicted octanol–water partition coefficient (Wildman–Crippen LogP) is 1.12. The molecule has 1 rings (SSSR count). The van der Waals surface area contributed by atoms with Crippen molar-refractivity contribution in [1.82, 2.24) is 4.72 Å². The number of rotatable bonds is 7.